The number of methoxy groups -OCH3 is 1. The van der Waals surface area contributed by atoms with Crippen molar-refractivity contribution in [1.29, 1.82) is 0 Å². The summed E-state index contributed by atoms with van der Waals surface area (Å²) in [4.78, 5) is 18.2. The van der Waals surface area contributed by atoms with Crippen LogP contribution < -0.4 is 10.1 Å². The van der Waals surface area contributed by atoms with Crippen molar-refractivity contribution in [3.05, 3.63) is 71.6 Å². The van der Waals surface area contributed by atoms with Gasteiger partial charge in [-0.05, 0) is 37.3 Å². The van der Waals surface area contributed by atoms with E-state index in [1.807, 2.05) is 25.1 Å². The van der Waals surface area contributed by atoms with Gasteiger partial charge < -0.3 is 15.0 Å². The van der Waals surface area contributed by atoms with E-state index in [1.54, 1.807) is 43.0 Å². The smallest absolute Gasteiger partial charge is 0.271 e. The molecule has 4 rings (SSSR count). The van der Waals surface area contributed by atoms with E-state index < -0.39 is 0 Å². The summed E-state index contributed by atoms with van der Waals surface area (Å²) < 4.78 is 21.3. The molecule has 4 aromatic rings. The number of rotatable bonds is 6. The van der Waals surface area contributed by atoms with E-state index in [9.17, 15) is 9.18 Å². The molecule has 3 aromatic heterocycles. The molecule has 0 aliphatic carbocycles. The number of hydrogen-bond donors (Lipinski definition) is 1. The number of pyridine rings is 2. The van der Waals surface area contributed by atoms with Crippen molar-refractivity contribution in [2.75, 3.05) is 26.5 Å². The number of aromatic nitrogens is 4. The lowest BCUT2D eigenvalue weighted by molar-refractivity contribution is 0.0822. The van der Waals surface area contributed by atoms with Crippen LogP contribution in [0, 0.1) is 12.7 Å². The quantitative estimate of drug-likeness (QED) is 0.500. The number of carbonyl (C=O) groups excluding carboxylic acids is 1. The topological polar surface area (TPSA) is 84.6 Å². The van der Waals surface area contributed by atoms with Gasteiger partial charge >= 0.3 is 0 Å². The van der Waals surface area contributed by atoms with E-state index in [1.165, 1.54) is 18.1 Å². The summed E-state index contributed by atoms with van der Waals surface area (Å²) in [6.07, 6.45) is 1.59. The summed E-state index contributed by atoms with van der Waals surface area (Å²) in [6.45, 7) is 2.08. The van der Waals surface area contributed by atoms with Crippen LogP contribution >= 0.6 is 0 Å². The first kappa shape index (κ1) is 21.2. The molecule has 1 aromatic carbocycles. The first-order valence-electron chi connectivity index (χ1n) is 9.98. The molecule has 0 saturated heterocycles. The highest BCUT2D eigenvalue weighted by Crippen LogP contribution is 2.29. The SMILES string of the molecule is COc1cccc(F)c1CNc1ccc(-c2ccc(C(=O)N(C)C)nc2C)c2nncn12. The molecule has 0 fully saturated rings. The minimum absolute atomic E-state index is 0.157. The largest absolute Gasteiger partial charge is 0.496 e. The molecule has 9 heteroatoms. The Morgan fingerprint density at radius 3 is 2.66 bits per heavy atom. The van der Waals surface area contributed by atoms with Gasteiger partial charge in [-0.1, -0.05) is 12.1 Å². The molecule has 32 heavy (non-hydrogen) atoms. The van der Waals surface area contributed by atoms with Gasteiger partial charge in [0.15, 0.2) is 5.65 Å². The Hall–Kier alpha value is -4.01. The maximum atomic E-state index is 14.3. The summed E-state index contributed by atoms with van der Waals surface area (Å²) in [5.41, 5.74) is 3.81. The Morgan fingerprint density at radius 1 is 1.16 bits per heavy atom. The molecule has 0 atom stereocenters. The number of nitrogens with zero attached hydrogens (tertiary/aromatic N) is 5. The van der Waals surface area contributed by atoms with Crippen LogP contribution in [-0.4, -0.2) is 51.6 Å². The van der Waals surface area contributed by atoms with Crippen molar-refractivity contribution >= 4 is 17.4 Å². The fraction of sp³-hybridized carbons (Fsp3) is 0.217. The predicted molar refractivity (Wildman–Crippen MR) is 119 cm³/mol. The van der Waals surface area contributed by atoms with E-state index in [-0.39, 0.29) is 18.3 Å². The number of fused-ring (bicyclic) bond motifs is 1. The molecule has 0 aliphatic rings. The minimum Gasteiger partial charge on any atom is -0.496 e. The predicted octanol–water partition coefficient (Wildman–Crippen LogP) is 3.56. The highest BCUT2D eigenvalue weighted by Gasteiger charge is 2.16. The summed E-state index contributed by atoms with van der Waals surface area (Å²) in [6, 6.07) is 12.1. The van der Waals surface area contributed by atoms with Crippen molar-refractivity contribution in [3.63, 3.8) is 0 Å². The third kappa shape index (κ3) is 3.84. The van der Waals surface area contributed by atoms with Gasteiger partial charge in [0.05, 0.1) is 7.11 Å². The number of halogens is 1. The third-order valence-corrected chi connectivity index (χ3v) is 5.20. The van der Waals surface area contributed by atoms with Crippen LogP contribution in [0.3, 0.4) is 0 Å². The fourth-order valence-electron chi connectivity index (χ4n) is 3.54. The second-order valence-corrected chi connectivity index (χ2v) is 7.46. The Bertz CT molecular complexity index is 1300. The van der Waals surface area contributed by atoms with Gasteiger partial charge in [0, 0.05) is 43.0 Å². The summed E-state index contributed by atoms with van der Waals surface area (Å²) in [5, 5.41) is 11.5. The first-order chi connectivity index (χ1) is 15.4. The maximum absolute atomic E-state index is 14.3. The van der Waals surface area contributed by atoms with Gasteiger partial charge in [-0.25, -0.2) is 9.37 Å². The average molecular weight is 434 g/mol. The van der Waals surface area contributed by atoms with Crippen LogP contribution in [0.4, 0.5) is 10.2 Å². The monoisotopic (exact) mass is 434 g/mol. The van der Waals surface area contributed by atoms with Crippen molar-refractivity contribution in [2.45, 2.75) is 13.5 Å². The number of benzene rings is 1. The Balaban J connectivity index is 1.67. The fourth-order valence-corrected chi connectivity index (χ4v) is 3.54. The van der Waals surface area contributed by atoms with Crippen LogP contribution in [0.1, 0.15) is 21.7 Å². The van der Waals surface area contributed by atoms with E-state index in [4.69, 9.17) is 4.74 Å². The molecule has 0 aliphatic heterocycles. The second-order valence-electron chi connectivity index (χ2n) is 7.46. The number of amides is 1. The van der Waals surface area contributed by atoms with Gasteiger partial charge in [-0.3, -0.25) is 9.20 Å². The number of ether oxygens (including phenoxy) is 1. The molecular weight excluding hydrogens is 411 g/mol. The summed E-state index contributed by atoms with van der Waals surface area (Å²) in [7, 11) is 4.89. The molecule has 0 unspecified atom stereocenters. The first-order valence-corrected chi connectivity index (χ1v) is 9.98. The van der Waals surface area contributed by atoms with Gasteiger partial charge in [-0.2, -0.15) is 0 Å². The molecular formula is C23H23FN6O2. The van der Waals surface area contributed by atoms with Crippen LogP contribution in [0.2, 0.25) is 0 Å². The van der Waals surface area contributed by atoms with Gasteiger partial charge in [0.1, 0.15) is 29.4 Å². The zero-order valence-electron chi connectivity index (χ0n) is 18.3. The molecule has 164 valence electrons. The zero-order chi connectivity index (χ0) is 22.8. The number of aryl methyl sites for hydroxylation is 1. The molecule has 3 heterocycles. The number of anilines is 1. The van der Waals surface area contributed by atoms with Gasteiger partial charge in [0.25, 0.3) is 5.91 Å². The van der Waals surface area contributed by atoms with Gasteiger partial charge in [0.2, 0.25) is 0 Å². The average Bonchev–Trinajstić information content (AvgIpc) is 3.28. The Kier molecular flexibility index (Phi) is 5.72. The summed E-state index contributed by atoms with van der Waals surface area (Å²) >= 11 is 0. The Morgan fingerprint density at radius 2 is 1.94 bits per heavy atom. The molecule has 0 spiro atoms. The highest BCUT2D eigenvalue weighted by atomic mass is 19.1. The van der Waals surface area contributed by atoms with Crippen LogP contribution in [0.5, 0.6) is 5.75 Å². The lowest BCUT2D eigenvalue weighted by atomic mass is 10.0. The van der Waals surface area contributed by atoms with E-state index in [0.29, 0.717) is 34.2 Å². The van der Waals surface area contributed by atoms with Crippen molar-refractivity contribution in [1.82, 2.24) is 24.5 Å². The molecule has 0 radical (unpaired) electrons. The van der Waals surface area contributed by atoms with Crippen molar-refractivity contribution in [3.8, 4) is 16.9 Å². The lowest BCUT2D eigenvalue weighted by Gasteiger charge is -2.15. The normalized spacial score (nSPS) is 10.9. The minimum atomic E-state index is -0.345. The number of carbonyl (C=O) groups is 1. The van der Waals surface area contributed by atoms with Crippen molar-refractivity contribution in [2.24, 2.45) is 0 Å². The van der Waals surface area contributed by atoms with Crippen LogP contribution in [0.15, 0.2) is 48.8 Å². The molecule has 1 amide bonds. The van der Waals surface area contributed by atoms with Gasteiger partial charge in [-0.15, -0.1) is 10.2 Å². The van der Waals surface area contributed by atoms with Crippen molar-refractivity contribution < 1.29 is 13.9 Å². The molecule has 8 nitrogen and oxygen atoms in total. The zero-order valence-corrected chi connectivity index (χ0v) is 18.3. The molecule has 0 bridgehead atoms. The molecule has 0 saturated carbocycles. The second kappa shape index (κ2) is 8.62. The summed E-state index contributed by atoms with van der Waals surface area (Å²) in [5.74, 6) is 0.671. The van der Waals surface area contributed by atoms with Crippen LogP contribution in [0.25, 0.3) is 16.8 Å². The number of nitrogens with one attached hydrogen (secondary N) is 1. The van der Waals surface area contributed by atoms with E-state index in [2.05, 4.69) is 20.5 Å². The van der Waals surface area contributed by atoms with Crippen LogP contribution in [-0.2, 0) is 6.54 Å². The lowest BCUT2D eigenvalue weighted by Crippen LogP contribution is -2.23. The third-order valence-electron chi connectivity index (χ3n) is 5.20. The standard InChI is InChI=1S/C23H23FN6O2/c1-14-15(8-10-19(27-14)23(31)29(2)3)16-9-11-21(30-13-26-28-22(16)30)25-12-17-18(24)6-5-7-20(17)32-4/h5-11,13,25H,12H2,1-4H3. The molecule has 1 N–H and O–H groups in total. The Labute approximate surface area is 184 Å². The van der Waals surface area contributed by atoms with E-state index in [0.717, 1.165) is 11.1 Å². The number of hydrogen-bond acceptors (Lipinski definition) is 6. The van der Waals surface area contributed by atoms with E-state index >= 15 is 0 Å². The maximum Gasteiger partial charge on any atom is 0.271 e. The highest BCUT2D eigenvalue weighted by molar-refractivity contribution is 5.93.